The molecule has 0 saturated carbocycles. The van der Waals surface area contributed by atoms with Crippen molar-refractivity contribution in [1.29, 1.82) is 0 Å². The van der Waals surface area contributed by atoms with Crippen LogP contribution in [0, 0.1) is 6.92 Å². The number of benzene rings is 1. The summed E-state index contributed by atoms with van der Waals surface area (Å²) < 4.78 is 1.56. The van der Waals surface area contributed by atoms with Crippen LogP contribution < -0.4 is 16.2 Å². The second-order valence-electron chi connectivity index (χ2n) is 7.53. The summed E-state index contributed by atoms with van der Waals surface area (Å²) in [5.74, 6) is 0.426. The van der Waals surface area contributed by atoms with Crippen LogP contribution in [0.15, 0.2) is 46.6 Å². The summed E-state index contributed by atoms with van der Waals surface area (Å²) in [7, 11) is 0. The highest BCUT2D eigenvalue weighted by Gasteiger charge is 2.16. The summed E-state index contributed by atoms with van der Waals surface area (Å²) in [6.45, 7) is 4.48. The SMILES string of the molecule is CC(=O)NCCn1c(=O)c(-c2cc(C)cs2)nc2ccc(NCc3ccc(Cl)c(Cl)c3)nc21. The number of anilines is 1. The Balaban J connectivity index is 1.71. The van der Waals surface area contributed by atoms with E-state index in [-0.39, 0.29) is 18.0 Å². The molecule has 1 amide bonds. The fourth-order valence-electron chi connectivity index (χ4n) is 3.33. The number of aromatic nitrogens is 3. The largest absolute Gasteiger partial charge is 0.366 e. The van der Waals surface area contributed by atoms with E-state index in [1.165, 1.54) is 18.3 Å². The third-order valence-electron chi connectivity index (χ3n) is 4.92. The highest BCUT2D eigenvalue weighted by atomic mass is 35.5. The number of aryl methyl sites for hydroxylation is 1. The molecule has 1 aromatic carbocycles. The van der Waals surface area contributed by atoms with Crippen LogP contribution in [0.5, 0.6) is 0 Å². The molecule has 33 heavy (non-hydrogen) atoms. The number of carbonyl (C=O) groups excluding carboxylic acids is 1. The Morgan fingerprint density at radius 3 is 2.64 bits per heavy atom. The van der Waals surface area contributed by atoms with Crippen LogP contribution in [0.25, 0.3) is 21.7 Å². The molecule has 0 saturated heterocycles. The number of halogens is 2. The predicted molar refractivity (Wildman–Crippen MR) is 134 cm³/mol. The first-order chi connectivity index (χ1) is 15.8. The van der Waals surface area contributed by atoms with Gasteiger partial charge in [-0.1, -0.05) is 29.3 Å². The van der Waals surface area contributed by atoms with Gasteiger partial charge in [-0.2, -0.15) is 0 Å². The number of rotatable bonds is 7. The smallest absolute Gasteiger partial charge is 0.279 e. The third-order valence-corrected chi connectivity index (χ3v) is 6.71. The van der Waals surface area contributed by atoms with E-state index in [2.05, 4.69) is 20.6 Å². The number of thiophene rings is 1. The van der Waals surface area contributed by atoms with E-state index in [9.17, 15) is 9.59 Å². The van der Waals surface area contributed by atoms with Gasteiger partial charge in [0.05, 0.1) is 14.9 Å². The van der Waals surface area contributed by atoms with Crippen molar-refractivity contribution in [2.75, 3.05) is 11.9 Å². The van der Waals surface area contributed by atoms with E-state index in [4.69, 9.17) is 23.2 Å². The number of hydrogen-bond acceptors (Lipinski definition) is 6. The lowest BCUT2D eigenvalue weighted by Crippen LogP contribution is -2.31. The highest BCUT2D eigenvalue weighted by molar-refractivity contribution is 7.13. The van der Waals surface area contributed by atoms with Crippen molar-refractivity contribution >= 4 is 57.4 Å². The lowest BCUT2D eigenvalue weighted by molar-refractivity contribution is -0.118. The summed E-state index contributed by atoms with van der Waals surface area (Å²) in [6, 6.07) is 11.0. The Morgan fingerprint density at radius 1 is 1.12 bits per heavy atom. The number of carbonyl (C=O) groups is 1. The molecule has 4 aromatic rings. The Kier molecular flexibility index (Phi) is 6.97. The zero-order chi connectivity index (χ0) is 23.5. The molecule has 0 atom stereocenters. The lowest BCUT2D eigenvalue weighted by atomic mass is 10.2. The first-order valence-corrected chi connectivity index (χ1v) is 11.8. The van der Waals surface area contributed by atoms with Crippen LogP contribution in [-0.4, -0.2) is 27.0 Å². The van der Waals surface area contributed by atoms with E-state index in [1.54, 1.807) is 16.7 Å². The van der Waals surface area contributed by atoms with E-state index in [0.717, 1.165) is 16.0 Å². The van der Waals surface area contributed by atoms with Gasteiger partial charge in [0, 0.05) is 26.6 Å². The zero-order valence-corrected chi connectivity index (χ0v) is 20.3. The summed E-state index contributed by atoms with van der Waals surface area (Å²) in [6.07, 6.45) is 0. The predicted octanol–water partition coefficient (Wildman–Crippen LogP) is 4.88. The molecule has 0 unspecified atom stereocenters. The average molecular weight is 502 g/mol. The first kappa shape index (κ1) is 23.2. The first-order valence-electron chi connectivity index (χ1n) is 10.2. The van der Waals surface area contributed by atoms with Gasteiger partial charge in [-0.3, -0.25) is 14.2 Å². The minimum atomic E-state index is -0.246. The van der Waals surface area contributed by atoms with Gasteiger partial charge in [0.25, 0.3) is 5.56 Å². The van der Waals surface area contributed by atoms with Gasteiger partial charge in [-0.25, -0.2) is 9.97 Å². The molecule has 3 aromatic heterocycles. The van der Waals surface area contributed by atoms with Crippen molar-refractivity contribution in [2.45, 2.75) is 26.9 Å². The number of nitrogens with one attached hydrogen (secondary N) is 2. The summed E-state index contributed by atoms with van der Waals surface area (Å²) in [5.41, 5.74) is 3.18. The Bertz CT molecular complexity index is 1400. The zero-order valence-electron chi connectivity index (χ0n) is 18.0. The number of amides is 1. The maximum Gasteiger partial charge on any atom is 0.279 e. The molecule has 0 aliphatic heterocycles. The number of hydrogen-bond donors (Lipinski definition) is 2. The van der Waals surface area contributed by atoms with E-state index >= 15 is 0 Å². The van der Waals surface area contributed by atoms with E-state index in [1.807, 2.05) is 36.6 Å². The van der Waals surface area contributed by atoms with Crippen molar-refractivity contribution in [3.63, 3.8) is 0 Å². The fourth-order valence-corrected chi connectivity index (χ4v) is 4.53. The third kappa shape index (κ3) is 5.35. The molecular weight excluding hydrogens is 481 g/mol. The topological polar surface area (TPSA) is 88.9 Å². The van der Waals surface area contributed by atoms with Crippen LogP contribution >= 0.6 is 34.5 Å². The fraction of sp³-hybridized carbons (Fsp3) is 0.217. The van der Waals surface area contributed by atoms with Crippen LogP contribution in [0.3, 0.4) is 0 Å². The second kappa shape index (κ2) is 9.91. The molecule has 170 valence electrons. The number of pyridine rings is 1. The van der Waals surface area contributed by atoms with Crippen LogP contribution in [-0.2, 0) is 17.9 Å². The van der Waals surface area contributed by atoms with Crippen molar-refractivity contribution in [1.82, 2.24) is 19.9 Å². The van der Waals surface area contributed by atoms with Gasteiger partial charge in [-0.15, -0.1) is 11.3 Å². The summed E-state index contributed by atoms with van der Waals surface area (Å²) in [5, 5.41) is 8.94. The molecule has 2 N–H and O–H groups in total. The minimum absolute atomic E-state index is 0.160. The minimum Gasteiger partial charge on any atom is -0.366 e. The van der Waals surface area contributed by atoms with Gasteiger partial charge >= 0.3 is 0 Å². The van der Waals surface area contributed by atoms with Crippen LogP contribution in [0.1, 0.15) is 18.1 Å². The molecule has 10 heteroatoms. The Hall–Kier alpha value is -2.94. The average Bonchev–Trinajstić information content (AvgIpc) is 3.21. The molecule has 0 aliphatic carbocycles. The molecule has 0 aliphatic rings. The normalized spacial score (nSPS) is 11.0. The van der Waals surface area contributed by atoms with Crippen molar-refractivity contribution in [2.24, 2.45) is 0 Å². The Labute approximate surface area is 204 Å². The standard InChI is InChI=1S/C23H21Cl2N5O2S/c1-13-9-19(33-12-13)21-23(32)30(8-7-26-14(2)31)22-18(28-21)5-6-20(29-22)27-11-15-3-4-16(24)17(25)10-15/h3-6,9-10,12H,7-8,11H2,1-2H3,(H,26,31)(H,27,29). The van der Waals surface area contributed by atoms with Gasteiger partial charge < -0.3 is 10.6 Å². The summed E-state index contributed by atoms with van der Waals surface area (Å²) in [4.78, 5) is 34.7. The maximum atomic E-state index is 13.3. The lowest BCUT2D eigenvalue weighted by Gasteiger charge is -2.13. The van der Waals surface area contributed by atoms with Gasteiger partial charge in [0.15, 0.2) is 5.65 Å². The van der Waals surface area contributed by atoms with E-state index < -0.39 is 0 Å². The monoisotopic (exact) mass is 501 g/mol. The van der Waals surface area contributed by atoms with Crippen LogP contribution in [0.4, 0.5) is 5.82 Å². The molecule has 0 spiro atoms. The van der Waals surface area contributed by atoms with Gasteiger partial charge in [0.1, 0.15) is 17.0 Å². The highest BCUT2D eigenvalue weighted by Crippen LogP contribution is 2.25. The van der Waals surface area contributed by atoms with Crippen molar-refractivity contribution in [3.8, 4) is 10.6 Å². The summed E-state index contributed by atoms with van der Waals surface area (Å²) >= 11 is 13.6. The molecule has 0 fully saturated rings. The maximum absolute atomic E-state index is 13.3. The molecule has 7 nitrogen and oxygen atoms in total. The van der Waals surface area contributed by atoms with Gasteiger partial charge in [-0.05, 0) is 53.8 Å². The van der Waals surface area contributed by atoms with E-state index in [0.29, 0.717) is 45.8 Å². The quantitative estimate of drug-likeness (QED) is 0.376. The number of nitrogens with zero attached hydrogens (tertiary/aromatic N) is 3. The van der Waals surface area contributed by atoms with Gasteiger partial charge in [0.2, 0.25) is 5.91 Å². The molecule has 3 heterocycles. The second-order valence-corrected chi connectivity index (χ2v) is 9.26. The van der Waals surface area contributed by atoms with Crippen molar-refractivity contribution < 1.29 is 4.79 Å². The molecule has 0 bridgehead atoms. The van der Waals surface area contributed by atoms with Crippen LogP contribution in [0.2, 0.25) is 10.0 Å². The molecular formula is C23H21Cl2N5O2S. The molecule has 4 rings (SSSR count). The van der Waals surface area contributed by atoms with Crippen molar-refractivity contribution in [3.05, 3.63) is 73.3 Å². The number of fused-ring (bicyclic) bond motifs is 1. The molecule has 0 radical (unpaired) electrons. The Morgan fingerprint density at radius 2 is 1.94 bits per heavy atom.